The number of hydrogen-bond donors (Lipinski definition) is 0. The zero-order chi connectivity index (χ0) is 14.7. The van der Waals surface area contributed by atoms with Crippen molar-refractivity contribution in [1.82, 2.24) is 0 Å². The number of furan rings is 1. The van der Waals surface area contributed by atoms with Crippen molar-refractivity contribution in [2.45, 2.75) is 6.92 Å². The highest BCUT2D eigenvalue weighted by Crippen LogP contribution is 2.32. The highest BCUT2D eigenvalue weighted by Gasteiger charge is 2.21. The molecule has 6 nitrogen and oxygen atoms in total. The summed E-state index contributed by atoms with van der Waals surface area (Å²) in [4.78, 5) is 22.1. The van der Waals surface area contributed by atoms with Gasteiger partial charge in [-0.25, -0.2) is 4.79 Å². The summed E-state index contributed by atoms with van der Waals surface area (Å²) in [5.41, 5.74) is 0.894. The van der Waals surface area contributed by atoms with Crippen LogP contribution in [0.2, 0.25) is 0 Å². The van der Waals surface area contributed by atoms with Crippen LogP contribution in [0.1, 0.15) is 17.5 Å². The molecule has 0 spiro atoms. The van der Waals surface area contributed by atoms with Gasteiger partial charge in [-0.3, -0.25) is 10.1 Å². The first-order valence-corrected chi connectivity index (χ1v) is 6.53. The molecule has 2 rings (SSSR count). The fraction of sp³-hybridized carbons (Fsp3) is 0.154. The summed E-state index contributed by atoms with van der Waals surface area (Å²) in [6.45, 7) is 1.90. The standard InChI is InChI=1S/C13H10BrNO5/c1-2-19-13(16)12-10(7-11(14)20-12)8-4-3-5-9(6-8)15(17)18/h3-7H,2H2,1H3. The van der Waals surface area contributed by atoms with Gasteiger partial charge in [-0.1, -0.05) is 12.1 Å². The number of nitro groups is 1. The number of halogens is 1. The number of rotatable bonds is 4. The van der Waals surface area contributed by atoms with Gasteiger partial charge in [0.2, 0.25) is 5.76 Å². The molecule has 0 bridgehead atoms. The quantitative estimate of drug-likeness (QED) is 0.480. The third-order valence-corrected chi connectivity index (χ3v) is 2.92. The van der Waals surface area contributed by atoms with Gasteiger partial charge in [0, 0.05) is 17.7 Å². The summed E-state index contributed by atoms with van der Waals surface area (Å²) in [7, 11) is 0. The normalized spacial score (nSPS) is 10.3. The lowest BCUT2D eigenvalue weighted by molar-refractivity contribution is -0.384. The Balaban J connectivity index is 2.49. The molecule has 1 aromatic carbocycles. The molecule has 0 amide bonds. The summed E-state index contributed by atoms with van der Waals surface area (Å²) in [5, 5.41) is 10.8. The largest absolute Gasteiger partial charge is 0.460 e. The van der Waals surface area contributed by atoms with Crippen LogP contribution in [0, 0.1) is 10.1 Å². The molecule has 1 aromatic heterocycles. The molecule has 104 valence electrons. The second kappa shape index (κ2) is 5.87. The van der Waals surface area contributed by atoms with E-state index >= 15 is 0 Å². The molecular formula is C13H10BrNO5. The van der Waals surface area contributed by atoms with Gasteiger partial charge in [-0.15, -0.1) is 0 Å². The number of carbonyl (C=O) groups excluding carboxylic acids is 1. The van der Waals surface area contributed by atoms with E-state index < -0.39 is 10.9 Å². The van der Waals surface area contributed by atoms with Crippen LogP contribution in [-0.4, -0.2) is 17.5 Å². The minimum atomic E-state index is -0.611. The first-order chi connectivity index (χ1) is 9.52. The van der Waals surface area contributed by atoms with Gasteiger partial charge >= 0.3 is 5.97 Å². The number of ether oxygens (including phenoxy) is 1. The van der Waals surface area contributed by atoms with E-state index in [1.54, 1.807) is 25.1 Å². The lowest BCUT2D eigenvalue weighted by Gasteiger charge is -2.02. The Kier molecular flexibility index (Phi) is 4.19. The minimum absolute atomic E-state index is 0.0132. The number of nitrogens with zero attached hydrogens (tertiary/aromatic N) is 1. The Labute approximate surface area is 122 Å². The smallest absolute Gasteiger partial charge is 0.374 e. The van der Waals surface area contributed by atoms with Crippen molar-refractivity contribution in [2.75, 3.05) is 6.61 Å². The van der Waals surface area contributed by atoms with Crippen LogP contribution in [0.3, 0.4) is 0 Å². The van der Waals surface area contributed by atoms with E-state index in [4.69, 9.17) is 9.15 Å². The SMILES string of the molecule is CCOC(=O)c1oc(Br)cc1-c1cccc([N+](=O)[O-])c1. The molecule has 0 N–H and O–H groups in total. The van der Waals surface area contributed by atoms with Crippen molar-refractivity contribution in [1.29, 1.82) is 0 Å². The van der Waals surface area contributed by atoms with E-state index in [1.165, 1.54) is 12.1 Å². The van der Waals surface area contributed by atoms with Gasteiger partial charge in [0.15, 0.2) is 4.67 Å². The first-order valence-electron chi connectivity index (χ1n) is 5.74. The van der Waals surface area contributed by atoms with Gasteiger partial charge in [0.25, 0.3) is 5.69 Å². The molecule has 0 saturated carbocycles. The van der Waals surface area contributed by atoms with Crippen molar-refractivity contribution < 1.29 is 18.9 Å². The summed E-state index contributed by atoms with van der Waals surface area (Å²) in [6, 6.07) is 7.53. The molecular weight excluding hydrogens is 330 g/mol. The third-order valence-electron chi connectivity index (χ3n) is 2.53. The third kappa shape index (κ3) is 2.88. The average Bonchev–Trinajstić information content (AvgIpc) is 2.81. The van der Waals surface area contributed by atoms with Gasteiger partial charge in [0.1, 0.15) is 0 Å². The van der Waals surface area contributed by atoms with Gasteiger partial charge in [-0.2, -0.15) is 0 Å². The molecule has 0 aliphatic rings. The zero-order valence-corrected chi connectivity index (χ0v) is 12.0. The number of esters is 1. The van der Waals surface area contributed by atoms with E-state index in [-0.39, 0.29) is 18.1 Å². The summed E-state index contributed by atoms with van der Waals surface area (Å²) < 4.78 is 10.5. The zero-order valence-electron chi connectivity index (χ0n) is 10.5. The van der Waals surface area contributed by atoms with Gasteiger partial charge < -0.3 is 9.15 Å². The molecule has 2 aromatic rings. The van der Waals surface area contributed by atoms with Crippen LogP contribution in [-0.2, 0) is 4.74 Å². The predicted octanol–water partition coefficient (Wildman–Crippen LogP) is 3.79. The topological polar surface area (TPSA) is 82.6 Å². The number of hydrogen-bond acceptors (Lipinski definition) is 5. The molecule has 0 saturated heterocycles. The maximum Gasteiger partial charge on any atom is 0.374 e. The molecule has 1 heterocycles. The number of carbonyl (C=O) groups is 1. The number of benzene rings is 1. The molecule has 0 unspecified atom stereocenters. The van der Waals surface area contributed by atoms with Crippen molar-refractivity contribution in [3.8, 4) is 11.1 Å². The monoisotopic (exact) mass is 339 g/mol. The van der Waals surface area contributed by atoms with Crippen molar-refractivity contribution in [3.05, 3.63) is 50.9 Å². The lowest BCUT2D eigenvalue weighted by Crippen LogP contribution is -2.04. The Morgan fingerprint density at radius 2 is 2.20 bits per heavy atom. The van der Waals surface area contributed by atoms with E-state index in [1.807, 2.05) is 0 Å². The first kappa shape index (κ1) is 14.3. The molecule has 0 aliphatic heterocycles. The average molecular weight is 340 g/mol. The van der Waals surface area contributed by atoms with E-state index in [2.05, 4.69) is 15.9 Å². The minimum Gasteiger partial charge on any atom is -0.460 e. The summed E-state index contributed by atoms with van der Waals surface area (Å²) >= 11 is 3.14. The van der Waals surface area contributed by atoms with Crippen LogP contribution >= 0.6 is 15.9 Å². The van der Waals surface area contributed by atoms with Crippen LogP contribution in [0.15, 0.2) is 39.4 Å². The Morgan fingerprint density at radius 3 is 2.85 bits per heavy atom. The van der Waals surface area contributed by atoms with Crippen LogP contribution in [0.25, 0.3) is 11.1 Å². The Bertz CT molecular complexity index is 665. The highest BCUT2D eigenvalue weighted by atomic mass is 79.9. The van der Waals surface area contributed by atoms with E-state index in [0.717, 1.165) is 0 Å². The highest BCUT2D eigenvalue weighted by molar-refractivity contribution is 9.10. The molecule has 20 heavy (non-hydrogen) atoms. The molecule has 0 radical (unpaired) electrons. The molecule has 0 atom stereocenters. The summed E-state index contributed by atoms with van der Waals surface area (Å²) in [5.74, 6) is -0.598. The van der Waals surface area contributed by atoms with Crippen molar-refractivity contribution >= 4 is 27.6 Å². The maximum atomic E-state index is 11.8. The number of nitro benzene ring substituents is 1. The second-order valence-corrected chi connectivity index (χ2v) is 4.60. The number of non-ortho nitro benzene ring substituents is 1. The van der Waals surface area contributed by atoms with E-state index in [0.29, 0.717) is 15.8 Å². The van der Waals surface area contributed by atoms with Gasteiger partial charge in [-0.05, 0) is 34.5 Å². The predicted molar refractivity (Wildman–Crippen MR) is 74.5 cm³/mol. The second-order valence-electron chi connectivity index (χ2n) is 3.82. The van der Waals surface area contributed by atoms with Crippen LogP contribution in [0.4, 0.5) is 5.69 Å². The Morgan fingerprint density at radius 1 is 1.45 bits per heavy atom. The van der Waals surface area contributed by atoms with Crippen molar-refractivity contribution in [3.63, 3.8) is 0 Å². The molecule has 0 aliphatic carbocycles. The lowest BCUT2D eigenvalue weighted by atomic mass is 10.1. The fourth-order valence-electron chi connectivity index (χ4n) is 1.71. The molecule has 0 fully saturated rings. The van der Waals surface area contributed by atoms with Gasteiger partial charge in [0.05, 0.1) is 11.5 Å². The van der Waals surface area contributed by atoms with E-state index in [9.17, 15) is 14.9 Å². The van der Waals surface area contributed by atoms with Crippen LogP contribution < -0.4 is 0 Å². The fourth-order valence-corrected chi connectivity index (χ4v) is 2.10. The van der Waals surface area contributed by atoms with Crippen molar-refractivity contribution in [2.24, 2.45) is 0 Å². The Hall–Kier alpha value is -2.15. The molecule has 7 heteroatoms. The summed E-state index contributed by atoms with van der Waals surface area (Å²) in [6.07, 6.45) is 0. The van der Waals surface area contributed by atoms with Crippen LogP contribution in [0.5, 0.6) is 0 Å². The maximum absolute atomic E-state index is 11.8.